The highest BCUT2D eigenvalue weighted by atomic mass is 16.5. The lowest BCUT2D eigenvalue weighted by molar-refractivity contribution is 0.0861. The molecule has 0 aliphatic heterocycles. The van der Waals surface area contributed by atoms with E-state index in [2.05, 4.69) is 22.1 Å². The van der Waals surface area contributed by atoms with Gasteiger partial charge < -0.3 is 15.8 Å². The first kappa shape index (κ1) is 16.2. The minimum absolute atomic E-state index is 0.0650. The number of hydrogen-bond donors (Lipinski definition) is 2. The second-order valence-corrected chi connectivity index (χ2v) is 4.68. The monoisotopic (exact) mass is 275 g/mol. The Kier molecular flexibility index (Phi) is 6.71. The summed E-state index contributed by atoms with van der Waals surface area (Å²) in [6, 6.07) is 3.43. The van der Waals surface area contributed by atoms with E-state index in [9.17, 15) is 4.79 Å². The van der Waals surface area contributed by atoms with Crippen molar-refractivity contribution < 1.29 is 9.53 Å². The molecule has 1 rings (SSSR count). The average Bonchev–Trinajstić information content (AvgIpc) is 2.44. The van der Waals surface area contributed by atoms with Crippen molar-refractivity contribution in [1.82, 2.24) is 10.3 Å². The molecular weight excluding hydrogens is 254 g/mol. The van der Waals surface area contributed by atoms with Crippen molar-refractivity contribution in [3.63, 3.8) is 0 Å². The number of pyridine rings is 1. The van der Waals surface area contributed by atoms with Gasteiger partial charge in [0.25, 0.3) is 5.91 Å². The Balaban J connectivity index is 2.91. The summed E-state index contributed by atoms with van der Waals surface area (Å²) in [6.45, 7) is 4.75. The van der Waals surface area contributed by atoms with Crippen LogP contribution in [0, 0.1) is 17.8 Å². The Morgan fingerprint density at radius 3 is 2.90 bits per heavy atom. The fraction of sp³-hybridized carbons (Fsp3) is 0.467. The number of nitrogens with two attached hydrogens (primary N) is 1. The molecule has 0 saturated carbocycles. The molecule has 1 heterocycles. The van der Waals surface area contributed by atoms with Gasteiger partial charge in [-0.05, 0) is 18.1 Å². The quantitative estimate of drug-likeness (QED) is 0.779. The SMILES string of the molecule is COCC(NC(=O)c1ncccc1C#CCN)C(C)C. The maximum Gasteiger partial charge on any atom is 0.271 e. The van der Waals surface area contributed by atoms with E-state index in [4.69, 9.17) is 10.5 Å². The second kappa shape index (κ2) is 8.31. The molecule has 0 aliphatic rings. The number of methoxy groups -OCH3 is 1. The van der Waals surface area contributed by atoms with Crippen LogP contribution in [-0.4, -0.2) is 37.2 Å². The third kappa shape index (κ3) is 4.65. The van der Waals surface area contributed by atoms with Gasteiger partial charge in [0.2, 0.25) is 0 Å². The molecule has 0 radical (unpaired) electrons. The normalized spacial score (nSPS) is 11.7. The van der Waals surface area contributed by atoms with Crippen molar-refractivity contribution in [2.45, 2.75) is 19.9 Å². The van der Waals surface area contributed by atoms with Gasteiger partial charge in [-0.15, -0.1) is 0 Å². The van der Waals surface area contributed by atoms with Crippen LogP contribution in [0.15, 0.2) is 18.3 Å². The Bertz CT molecular complexity index is 503. The van der Waals surface area contributed by atoms with E-state index >= 15 is 0 Å². The molecule has 0 bridgehead atoms. The van der Waals surface area contributed by atoms with Crippen molar-refractivity contribution >= 4 is 5.91 Å². The lowest BCUT2D eigenvalue weighted by Gasteiger charge is -2.21. The van der Waals surface area contributed by atoms with Gasteiger partial charge in [-0.2, -0.15) is 0 Å². The first-order valence-corrected chi connectivity index (χ1v) is 6.53. The molecule has 0 aliphatic carbocycles. The first-order valence-electron chi connectivity index (χ1n) is 6.53. The predicted octanol–water partition coefficient (Wildman–Crippen LogP) is 0.793. The van der Waals surface area contributed by atoms with Crippen LogP contribution in [0.3, 0.4) is 0 Å². The highest BCUT2D eigenvalue weighted by Gasteiger charge is 2.19. The number of ether oxygens (including phenoxy) is 1. The third-order valence-electron chi connectivity index (χ3n) is 2.82. The molecule has 0 saturated heterocycles. The molecule has 1 unspecified atom stereocenters. The summed E-state index contributed by atoms with van der Waals surface area (Å²) in [4.78, 5) is 16.4. The predicted molar refractivity (Wildman–Crippen MR) is 78.1 cm³/mol. The molecule has 3 N–H and O–H groups in total. The number of hydrogen-bond acceptors (Lipinski definition) is 4. The van der Waals surface area contributed by atoms with Crippen molar-refractivity contribution in [1.29, 1.82) is 0 Å². The maximum absolute atomic E-state index is 12.3. The van der Waals surface area contributed by atoms with Gasteiger partial charge in [0, 0.05) is 13.3 Å². The van der Waals surface area contributed by atoms with Gasteiger partial charge in [0.05, 0.1) is 24.8 Å². The third-order valence-corrected chi connectivity index (χ3v) is 2.82. The molecule has 5 nitrogen and oxygen atoms in total. The summed E-state index contributed by atoms with van der Waals surface area (Å²) in [7, 11) is 1.61. The van der Waals surface area contributed by atoms with Gasteiger partial charge in [0.1, 0.15) is 5.69 Å². The van der Waals surface area contributed by atoms with Crippen LogP contribution in [0.2, 0.25) is 0 Å². The van der Waals surface area contributed by atoms with Crippen LogP contribution >= 0.6 is 0 Å². The summed E-state index contributed by atoms with van der Waals surface area (Å²) in [6.07, 6.45) is 1.57. The van der Waals surface area contributed by atoms with Gasteiger partial charge in [0.15, 0.2) is 0 Å². The number of carbonyl (C=O) groups is 1. The van der Waals surface area contributed by atoms with Crippen LogP contribution in [0.5, 0.6) is 0 Å². The fourth-order valence-corrected chi connectivity index (χ4v) is 1.65. The number of nitrogens with one attached hydrogen (secondary N) is 1. The molecule has 20 heavy (non-hydrogen) atoms. The molecule has 1 aromatic rings. The summed E-state index contributed by atoms with van der Waals surface area (Å²) in [5, 5.41) is 2.93. The molecule has 1 atom stereocenters. The second-order valence-electron chi connectivity index (χ2n) is 4.68. The van der Waals surface area contributed by atoms with Crippen LogP contribution in [0.25, 0.3) is 0 Å². The first-order chi connectivity index (χ1) is 9.60. The van der Waals surface area contributed by atoms with Crippen LogP contribution in [0.1, 0.15) is 29.9 Å². The summed E-state index contributed by atoms with van der Waals surface area (Å²) in [5.41, 5.74) is 6.25. The molecule has 0 spiro atoms. The zero-order valence-electron chi connectivity index (χ0n) is 12.1. The topological polar surface area (TPSA) is 77.2 Å². The van der Waals surface area contributed by atoms with Crippen molar-refractivity contribution in [2.75, 3.05) is 20.3 Å². The summed E-state index contributed by atoms with van der Waals surface area (Å²) < 4.78 is 5.12. The van der Waals surface area contributed by atoms with Gasteiger partial charge in [-0.25, -0.2) is 4.98 Å². The van der Waals surface area contributed by atoms with Gasteiger partial charge >= 0.3 is 0 Å². The summed E-state index contributed by atoms with van der Waals surface area (Å²) >= 11 is 0. The van der Waals surface area contributed by atoms with E-state index in [1.807, 2.05) is 13.8 Å². The minimum Gasteiger partial charge on any atom is -0.383 e. The van der Waals surface area contributed by atoms with Crippen molar-refractivity contribution in [3.8, 4) is 11.8 Å². The number of nitrogens with zero attached hydrogens (tertiary/aromatic N) is 1. The summed E-state index contributed by atoms with van der Waals surface area (Å²) in [5.74, 6) is 5.61. The standard InChI is InChI=1S/C15H21N3O2/c1-11(2)13(10-20-3)18-15(19)14-12(6-4-8-16)7-5-9-17-14/h5,7,9,11,13H,8,10,16H2,1-3H3,(H,18,19). The molecule has 1 aromatic heterocycles. The fourth-order valence-electron chi connectivity index (χ4n) is 1.65. The van der Waals surface area contributed by atoms with Gasteiger partial charge in [-0.1, -0.05) is 25.7 Å². The van der Waals surface area contributed by atoms with Crippen molar-refractivity contribution in [2.24, 2.45) is 11.7 Å². The molecular formula is C15H21N3O2. The van der Waals surface area contributed by atoms with E-state index in [1.165, 1.54) is 0 Å². The number of carbonyl (C=O) groups excluding carboxylic acids is 1. The van der Waals surface area contributed by atoms with Crippen LogP contribution < -0.4 is 11.1 Å². The highest BCUT2D eigenvalue weighted by molar-refractivity contribution is 5.94. The Labute approximate surface area is 119 Å². The molecule has 0 fully saturated rings. The highest BCUT2D eigenvalue weighted by Crippen LogP contribution is 2.07. The van der Waals surface area contributed by atoms with E-state index in [0.29, 0.717) is 17.9 Å². The van der Waals surface area contributed by atoms with Gasteiger partial charge in [-0.3, -0.25) is 4.79 Å². The zero-order valence-corrected chi connectivity index (χ0v) is 12.1. The Hall–Kier alpha value is -1.90. The molecule has 0 aromatic carbocycles. The van der Waals surface area contributed by atoms with Crippen LogP contribution in [0.4, 0.5) is 0 Å². The molecule has 108 valence electrons. The Morgan fingerprint density at radius 1 is 1.55 bits per heavy atom. The largest absolute Gasteiger partial charge is 0.383 e. The number of aromatic nitrogens is 1. The smallest absolute Gasteiger partial charge is 0.271 e. The van der Waals surface area contributed by atoms with Crippen LogP contribution in [-0.2, 0) is 4.74 Å². The molecule has 5 heteroatoms. The Morgan fingerprint density at radius 2 is 2.30 bits per heavy atom. The minimum atomic E-state index is -0.248. The maximum atomic E-state index is 12.3. The zero-order chi connectivity index (χ0) is 15.0. The lowest BCUT2D eigenvalue weighted by atomic mass is 10.0. The van der Waals surface area contributed by atoms with E-state index in [0.717, 1.165) is 0 Å². The lowest BCUT2D eigenvalue weighted by Crippen LogP contribution is -2.42. The van der Waals surface area contributed by atoms with Crippen molar-refractivity contribution in [3.05, 3.63) is 29.6 Å². The molecule has 1 amide bonds. The average molecular weight is 275 g/mol. The van der Waals surface area contributed by atoms with E-state index in [1.54, 1.807) is 25.4 Å². The van der Waals surface area contributed by atoms with E-state index in [-0.39, 0.29) is 24.4 Å². The number of amides is 1. The van der Waals surface area contributed by atoms with E-state index < -0.39 is 0 Å². The number of rotatable bonds is 5.